The minimum atomic E-state index is -0.881. The van der Waals surface area contributed by atoms with E-state index in [9.17, 15) is 19.6 Å². The van der Waals surface area contributed by atoms with Gasteiger partial charge < -0.3 is 20.1 Å². The number of esters is 1. The summed E-state index contributed by atoms with van der Waals surface area (Å²) in [6, 6.07) is 15.0. The molecule has 0 aromatic heterocycles. The second-order valence-corrected chi connectivity index (χ2v) is 7.25. The van der Waals surface area contributed by atoms with E-state index >= 15 is 0 Å². The van der Waals surface area contributed by atoms with Crippen LogP contribution in [0.3, 0.4) is 0 Å². The Morgan fingerprint density at radius 2 is 1.74 bits per heavy atom. The number of para-hydroxylation sites is 1. The van der Waals surface area contributed by atoms with Crippen LogP contribution in [-0.2, 0) is 9.53 Å². The Bertz CT molecular complexity index is 1000. The molecule has 1 aliphatic rings. The molecule has 160 valence electrons. The van der Waals surface area contributed by atoms with Gasteiger partial charge in [0.15, 0.2) is 6.61 Å². The van der Waals surface area contributed by atoms with Crippen LogP contribution in [0.1, 0.15) is 46.4 Å². The van der Waals surface area contributed by atoms with Gasteiger partial charge in [0.1, 0.15) is 11.3 Å². The second-order valence-electron chi connectivity index (χ2n) is 7.25. The molecular weight excluding hydrogens is 398 g/mol. The molecule has 3 rings (SSSR count). The summed E-state index contributed by atoms with van der Waals surface area (Å²) in [6.45, 7) is -0.511. The van der Waals surface area contributed by atoms with Crippen molar-refractivity contribution in [3.8, 4) is 11.8 Å². The molecule has 1 fully saturated rings. The highest BCUT2D eigenvalue weighted by atomic mass is 16.5. The number of nitriles is 1. The number of benzene rings is 2. The summed E-state index contributed by atoms with van der Waals surface area (Å²) in [5, 5.41) is 14.7. The molecule has 0 saturated heterocycles. The molecule has 0 bridgehead atoms. The summed E-state index contributed by atoms with van der Waals surface area (Å²) >= 11 is 0. The van der Waals surface area contributed by atoms with Gasteiger partial charge in [-0.2, -0.15) is 5.26 Å². The molecule has 0 atom stereocenters. The normalized spacial score (nSPS) is 14.2. The zero-order valence-corrected chi connectivity index (χ0v) is 17.1. The first-order valence-corrected chi connectivity index (χ1v) is 9.90. The Morgan fingerprint density at radius 3 is 2.39 bits per heavy atom. The lowest BCUT2D eigenvalue weighted by Gasteiger charge is -2.21. The van der Waals surface area contributed by atoms with Gasteiger partial charge in [-0.3, -0.25) is 9.59 Å². The molecule has 0 unspecified atom stereocenters. The Kier molecular flexibility index (Phi) is 6.88. The molecule has 8 heteroatoms. The van der Waals surface area contributed by atoms with Crippen LogP contribution >= 0.6 is 0 Å². The number of hydrogen-bond acceptors (Lipinski definition) is 6. The molecule has 2 aromatic carbocycles. The number of amides is 2. The number of carbonyl (C=O) groups is 3. The monoisotopic (exact) mass is 421 g/mol. The quantitative estimate of drug-likeness (QED) is 0.664. The summed E-state index contributed by atoms with van der Waals surface area (Å²) < 4.78 is 10.2. The lowest BCUT2D eigenvalue weighted by Crippen LogP contribution is -2.46. The van der Waals surface area contributed by atoms with E-state index in [4.69, 9.17) is 9.47 Å². The van der Waals surface area contributed by atoms with Crippen molar-refractivity contribution in [2.24, 2.45) is 0 Å². The van der Waals surface area contributed by atoms with Crippen molar-refractivity contribution in [1.29, 1.82) is 5.26 Å². The highest BCUT2D eigenvalue weighted by Crippen LogP contribution is 2.28. The standard InChI is InChI=1S/C23H23N3O5/c1-30-17-10-8-16(9-11-17)21(28)25-19-7-3-2-6-18(19)22(29)31-14-20(27)26-23(15-24)12-4-5-13-23/h2-3,6-11H,4-5,12-14H2,1H3,(H,25,28)(H,26,27). The molecule has 31 heavy (non-hydrogen) atoms. The van der Waals surface area contributed by atoms with Crippen molar-refractivity contribution in [3.63, 3.8) is 0 Å². The first-order valence-electron chi connectivity index (χ1n) is 9.90. The van der Waals surface area contributed by atoms with Gasteiger partial charge in [0.05, 0.1) is 24.4 Å². The summed E-state index contributed by atoms with van der Waals surface area (Å²) in [6.07, 6.45) is 2.91. The fourth-order valence-corrected chi connectivity index (χ4v) is 3.46. The maximum atomic E-state index is 12.5. The third-order valence-electron chi connectivity index (χ3n) is 5.13. The van der Waals surface area contributed by atoms with Crippen molar-refractivity contribution in [2.75, 3.05) is 19.0 Å². The topological polar surface area (TPSA) is 118 Å². The van der Waals surface area contributed by atoms with Crippen LogP contribution in [0, 0.1) is 11.3 Å². The minimum Gasteiger partial charge on any atom is -0.497 e. The largest absolute Gasteiger partial charge is 0.497 e. The molecule has 2 aromatic rings. The highest BCUT2D eigenvalue weighted by molar-refractivity contribution is 6.08. The van der Waals surface area contributed by atoms with E-state index in [1.54, 1.807) is 42.5 Å². The molecule has 0 aliphatic heterocycles. The minimum absolute atomic E-state index is 0.119. The van der Waals surface area contributed by atoms with E-state index in [0.717, 1.165) is 12.8 Å². The maximum Gasteiger partial charge on any atom is 0.340 e. The predicted molar refractivity (Wildman–Crippen MR) is 113 cm³/mol. The van der Waals surface area contributed by atoms with E-state index in [0.29, 0.717) is 24.2 Å². The van der Waals surface area contributed by atoms with Crippen LogP contribution in [0.4, 0.5) is 5.69 Å². The van der Waals surface area contributed by atoms with Gasteiger partial charge in [0.25, 0.3) is 11.8 Å². The average molecular weight is 421 g/mol. The van der Waals surface area contributed by atoms with Crippen molar-refractivity contribution >= 4 is 23.5 Å². The lowest BCUT2D eigenvalue weighted by molar-refractivity contribution is -0.125. The summed E-state index contributed by atoms with van der Waals surface area (Å²) in [5.41, 5.74) is -0.110. The van der Waals surface area contributed by atoms with Crippen molar-refractivity contribution in [2.45, 2.75) is 31.2 Å². The number of hydrogen-bond donors (Lipinski definition) is 2. The zero-order valence-electron chi connectivity index (χ0n) is 17.1. The molecule has 0 spiro atoms. The molecule has 2 N–H and O–H groups in total. The molecule has 1 aliphatic carbocycles. The molecular formula is C23H23N3O5. The lowest BCUT2D eigenvalue weighted by atomic mass is 10.00. The number of carbonyl (C=O) groups excluding carboxylic acids is 3. The highest BCUT2D eigenvalue weighted by Gasteiger charge is 2.35. The number of nitrogens with zero attached hydrogens (tertiary/aromatic N) is 1. The summed E-state index contributed by atoms with van der Waals surface area (Å²) in [5.74, 6) is -1.07. The number of nitrogens with one attached hydrogen (secondary N) is 2. The first-order chi connectivity index (χ1) is 15.0. The average Bonchev–Trinajstić information content (AvgIpc) is 3.26. The van der Waals surface area contributed by atoms with Crippen molar-refractivity contribution in [3.05, 3.63) is 59.7 Å². The molecule has 0 heterocycles. The van der Waals surface area contributed by atoms with Crippen molar-refractivity contribution < 1.29 is 23.9 Å². The van der Waals surface area contributed by atoms with Crippen molar-refractivity contribution in [1.82, 2.24) is 5.32 Å². The number of rotatable bonds is 7. The molecule has 1 saturated carbocycles. The van der Waals surface area contributed by atoms with Crippen LogP contribution in [0.15, 0.2) is 48.5 Å². The Morgan fingerprint density at radius 1 is 1.06 bits per heavy atom. The SMILES string of the molecule is COc1ccc(C(=O)Nc2ccccc2C(=O)OCC(=O)NC2(C#N)CCCC2)cc1. The van der Waals surface area contributed by atoms with Gasteiger partial charge in [-0.25, -0.2) is 4.79 Å². The van der Waals surface area contributed by atoms with Crippen LogP contribution < -0.4 is 15.4 Å². The predicted octanol–water partition coefficient (Wildman–Crippen LogP) is 3.06. The summed E-state index contributed by atoms with van der Waals surface area (Å²) in [7, 11) is 1.53. The van der Waals surface area contributed by atoms with Gasteiger partial charge in [0, 0.05) is 5.56 Å². The van der Waals surface area contributed by atoms with Crippen LogP contribution in [0.2, 0.25) is 0 Å². The number of ether oxygens (including phenoxy) is 2. The fraction of sp³-hybridized carbons (Fsp3) is 0.304. The van der Waals surface area contributed by atoms with E-state index in [2.05, 4.69) is 16.7 Å². The Labute approximate surface area is 180 Å². The van der Waals surface area contributed by atoms with E-state index < -0.39 is 29.9 Å². The number of anilines is 1. The second kappa shape index (κ2) is 9.76. The van der Waals surface area contributed by atoms with Gasteiger partial charge in [-0.1, -0.05) is 12.1 Å². The van der Waals surface area contributed by atoms with E-state index in [-0.39, 0.29) is 11.3 Å². The molecule has 0 radical (unpaired) electrons. The smallest absolute Gasteiger partial charge is 0.340 e. The Balaban J connectivity index is 1.62. The van der Waals surface area contributed by atoms with Crippen LogP contribution in [-0.4, -0.2) is 37.0 Å². The third-order valence-corrected chi connectivity index (χ3v) is 5.13. The van der Waals surface area contributed by atoms with Crippen LogP contribution in [0.25, 0.3) is 0 Å². The van der Waals surface area contributed by atoms with Gasteiger partial charge >= 0.3 is 5.97 Å². The van der Waals surface area contributed by atoms with Gasteiger partial charge in [-0.05, 0) is 62.1 Å². The fourth-order valence-electron chi connectivity index (χ4n) is 3.46. The van der Waals surface area contributed by atoms with E-state index in [1.807, 2.05) is 0 Å². The first kappa shape index (κ1) is 21.8. The molecule has 8 nitrogen and oxygen atoms in total. The van der Waals surface area contributed by atoms with Gasteiger partial charge in [-0.15, -0.1) is 0 Å². The zero-order chi connectivity index (χ0) is 22.3. The third kappa shape index (κ3) is 5.39. The Hall–Kier alpha value is -3.86. The van der Waals surface area contributed by atoms with Gasteiger partial charge in [0.2, 0.25) is 0 Å². The number of methoxy groups -OCH3 is 1. The summed E-state index contributed by atoms with van der Waals surface area (Å²) in [4.78, 5) is 37.2. The van der Waals surface area contributed by atoms with E-state index in [1.165, 1.54) is 13.2 Å². The van der Waals surface area contributed by atoms with Crippen LogP contribution in [0.5, 0.6) is 5.75 Å². The molecule has 2 amide bonds. The maximum absolute atomic E-state index is 12.5.